The number of nitrogens with one attached hydrogen (secondary N) is 1. The van der Waals surface area contributed by atoms with Crippen molar-refractivity contribution in [1.29, 1.82) is 0 Å². The van der Waals surface area contributed by atoms with Crippen molar-refractivity contribution in [3.8, 4) is 0 Å². The van der Waals surface area contributed by atoms with Gasteiger partial charge in [-0.2, -0.15) is 0 Å². The van der Waals surface area contributed by atoms with Crippen LogP contribution in [0.3, 0.4) is 0 Å². The van der Waals surface area contributed by atoms with Crippen molar-refractivity contribution in [2.45, 2.75) is 58.9 Å². The Morgan fingerprint density at radius 2 is 2.00 bits per heavy atom. The Bertz CT molecular complexity index is 263. The molecule has 118 valence electrons. The first-order valence-corrected chi connectivity index (χ1v) is 8.33. The zero-order valence-electron chi connectivity index (χ0n) is 13.5. The van der Waals surface area contributed by atoms with E-state index in [1.807, 2.05) is 13.8 Å². The second-order valence-corrected chi connectivity index (χ2v) is 5.72. The van der Waals surface area contributed by atoms with E-state index in [1.165, 1.54) is 38.8 Å². The van der Waals surface area contributed by atoms with Crippen LogP contribution in [0.1, 0.15) is 52.9 Å². The summed E-state index contributed by atoms with van der Waals surface area (Å²) >= 11 is 0. The Labute approximate surface area is 124 Å². The van der Waals surface area contributed by atoms with Gasteiger partial charge < -0.3 is 15.0 Å². The second-order valence-electron chi connectivity index (χ2n) is 5.72. The molecule has 0 saturated carbocycles. The largest absolute Gasteiger partial charge is 0.465 e. The standard InChI is InChI=1S/C16H32N2O2/c1-4-7-14-8-11-18(12-9-14)13-10-15(17-5-2)16(19)20-6-3/h14-15,17H,4-13H2,1-3H3. The van der Waals surface area contributed by atoms with Gasteiger partial charge in [0.1, 0.15) is 6.04 Å². The van der Waals surface area contributed by atoms with E-state index < -0.39 is 0 Å². The first-order valence-electron chi connectivity index (χ1n) is 8.33. The number of esters is 1. The number of likely N-dealkylation sites (tertiary alicyclic amines) is 1. The predicted octanol–water partition coefficient (Wildman–Crippen LogP) is 2.43. The lowest BCUT2D eigenvalue weighted by Crippen LogP contribution is -2.42. The molecule has 0 aromatic rings. The molecule has 1 unspecified atom stereocenters. The lowest BCUT2D eigenvalue weighted by atomic mass is 9.92. The predicted molar refractivity (Wildman–Crippen MR) is 82.8 cm³/mol. The van der Waals surface area contributed by atoms with E-state index in [4.69, 9.17) is 4.74 Å². The molecule has 0 aromatic carbocycles. The normalized spacial score (nSPS) is 18.9. The van der Waals surface area contributed by atoms with Crippen LogP contribution >= 0.6 is 0 Å². The van der Waals surface area contributed by atoms with E-state index in [-0.39, 0.29) is 12.0 Å². The molecule has 4 nitrogen and oxygen atoms in total. The van der Waals surface area contributed by atoms with Gasteiger partial charge in [-0.05, 0) is 51.7 Å². The summed E-state index contributed by atoms with van der Waals surface area (Å²) in [6, 6.07) is -0.145. The van der Waals surface area contributed by atoms with Gasteiger partial charge in [0, 0.05) is 6.54 Å². The summed E-state index contributed by atoms with van der Waals surface area (Å²) in [5.41, 5.74) is 0. The number of carbonyl (C=O) groups excluding carboxylic acids is 1. The van der Waals surface area contributed by atoms with Gasteiger partial charge in [-0.3, -0.25) is 4.79 Å². The topological polar surface area (TPSA) is 41.6 Å². The third-order valence-corrected chi connectivity index (χ3v) is 4.16. The summed E-state index contributed by atoms with van der Waals surface area (Å²) in [6.07, 6.45) is 6.16. The Balaban J connectivity index is 2.28. The minimum atomic E-state index is -0.145. The molecule has 1 aliphatic rings. The molecule has 0 amide bonds. The average Bonchev–Trinajstić information content (AvgIpc) is 2.45. The minimum absolute atomic E-state index is 0.102. The first-order chi connectivity index (χ1) is 9.71. The summed E-state index contributed by atoms with van der Waals surface area (Å²) < 4.78 is 5.13. The van der Waals surface area contributed by atoms with Gasteiger partial charge in [0.2, 0.25) is 0 Å². The fraction of sp³-hybridized carbons (Fsp3) is 0.938. The Morgan fingerprint density at radius 1 is 1.30 bits per heavy atom. The Kier molecular flexibility index (Phi) is 8.86. The van der Waals surface area contributed by atoms with Crippen molar-refractivity contribution >= 4 is 5.97 Å². The van der Waals surface area contributed by atoms with Crippen LogP contribution in [0.4, 0.5) is 0 Å². The number of piperidine rings is 1. The molecule has 4 heteroatoms. The van der Waals surface area contributed by atoms with Crippen molar-refractivity contribution < 1.29 is 9.53 Å². The second kappa shape index (κ2) is 10.2. The summed E-state index contributed by atoms with van der Waals surface area (Å²) in [6.45, 7) is 10.8. The lowest BCUT2D eigenvalue weighted by molar-refractivity contribution is -0.145. The van der Waals surface area contributed by atoms with E-state index in [9.17, 15) is 4.79 Å². The number of likely N-dealkylation sites (N-methyl/N-ethyl adjacent to an activating group) is 1. The summed E-state index contributed by atoms with van der Waals surface area (Å²) in [4.78, 5) is 14.3. The fourth-order valence-electron chi connectivity index (χ4n) is 3.01. The third kappa shape index (κ3) is 6.23. The molecule has 0 radical (unpaired) electrons. The van der Waals surface area contributed by atoms with Crippen molar-refractivity contribution in [2.24, 2.45) is 5.92 Å². The van der Waals surface area contributed by atoms with E-state index in [0.717, 1.165) is 25.4 Å². The smallest absolute Gasteiger partial charge is 0.323 e. The SMILES string of the molecule is CCCC1CCN(CCC(NCC)C(=O)OCC)CC1. The van der Waals surface area contributed by atoms with Crippen LogP contribution in [0.25, 0.3) is 0 Å². The number of ether oxygens (including phenoxy) is 1. The minimum Gasteiger partial charge on any atom is -0.465 e. The van der Waals surface area contributed by atoms with Crippen LogP contribution in [-0.4, -0.2) is 49.7 Å². The maximum Gasteiger partial charge on any atom is 0.323 e. The molecule has 20 heavy (non-hydrogen) atoms. The van der Waals surface area contributed by atoms with E-state index in [2.05, 4.69) is 17.1 Å². The molecule has 1 N–H and O–H groups in total. The van der Waals surface area contributed by atoms with E-state index in [0.29, 0.717) is 6.61 Å². The molecular weight excluding hydrogens is 252 g/mol. The van der Waals surface area contributed by atoms with Gasteiger partial charge in [-0.1, -0.05) is 26.7 Å². The number of rotatable bonds is 9. The molecule has 1 fully saturated rings. The van der Waals surface area contributed by atoms with Gasteiger partial charge in [0.05, 0.1) is 6.61 Å². The molecule has 1 atom stereocenters. The van der Waals surface area contributed by atoms with Crippen LogP contribution in [0.5, 0.6) is 0 Å². The monoisotopic (exact) mass is 284 g/mol. The highest BCUT2D eigenvalue weighted by Crippen LogP contribution is 2.21. The lowest BCUT2D eigenvalue weighted by Gasteiger charge is -2.32. The molecule has 1 saturated heterocycles. The van der Waals surface area contributed by atoms with Crippen LogP contribution < -0.4 is 5.32 Å². The van der Waals surface area contributed by atoms with Gasteiger partial charge >= 0.3 is 5.97 Å². The number of hydrogen-bond acceptors (Lipinski definition) is 4. The van der Waals surface area contributed by atoms with Crippen LogP contribution in [0.15, 0.2) is 0 Å². The van der Waals surface area contributed by atoms with Gasteiger partial charge in [-0.15, -0.1) is 0 Å². The maximum atomic E-state index is 11.8. The van der Waals surface area contributed by atoms with Crippen LogP contribution in [0, 0.1) is 5.92 Å². The summed E-state index contributed by atoms with van der Waals surface area (Å²) in [5, 5.41) is 3.23. The van der Waals surface area contributed by atoms with E-state index in [1.54, 1.807) is 0 Å². The molecule has 0 spiro atoms. The molecule has 1 aliphatic heterocycles. The van der Waals surface area contributed by atoms with Crippen LogP contribution in [-0.2, 0) is 9.53 Å². The number of carbonyl (C=O) groups is 1. The van der Waals surface area contributed by atoms with Crippen molar-refractivity contribution in [3.05, 3.63) is 0 Å². The zero-order chi connectivity index (χ0) is 14.8. The Hall–Kier alpha value is -0.610. The highest BCUT2D eigenvalue weighted by atomic mass is 16.5. The van der Waals surface area contributed by atoms with Crippen molar-refractivity contribution in [3.63, 3.8) is 0 Å². The van der Waals surface area contributed by atoms with Crippen molar-refractivity contribution in [2.75, 3.05) is 32.8 Å². The molecule has 1 heterocycles. The quantitative estimate of drug-likeness (QED) is 0.660. The van der Waals surface area contributed by atoms with Crippen molar-refractivity contribution in [1.82, 2.24) is 10.2 Å². The fourth-order valence-corrected chi connectivity index (χ4v) is 3.01. The first kappa shape index (κ1) is 17.4. The molecule has 0 bridgehead atoms. The number of hydrogen-bond donors (Lipinski definition) is 1. The highest BCUT2D eigenvalue weighted by molar-refractivity contribution is 5.75. The van der Waals surface area contributed by atoms with Gasteiger partial charge in [-0.25, -0.2) is 0 Å². The molecule has 0 aromatic heterocycles. The van der Waals surface area contributed by atoms with E-state index >= 15 is 0 Å². The summed E-state index contributed by atoms with van der Waals surface area (Å²) in [5.74, 6) is 0.820. The van der Waals surface area contributed by atoms with Crippen LogP contribution in [0.2, 0.25) is 0 Å². The van der Waals surface area contributed by atoms with Gasteiger partial charge in [0.25, 0.3) is 0 Å². The molecule has 0 aliphatic carbocycles. The summed E-state index contributed by atoms with van der Waals surface area (Å²) in [7, 11) is 0. The zero-order valence-corrected chi connectivity index (χ0v) is 13.5. The molecule has 1 rings (SSSR count). The third-order valence-electron chi connectivity index (χ3n) is 4.16. The molecular formula is C16H32N2O2. The Morgan fingerprint density at radius 3 is 2.55 bits per heavy atom. The maximum absolute atomic E-state index is 11.8. The average molecular weight is 284 g/mol. The van der Waals surface area contributed by atoms with Gasteiger partial charge in [0.15, 0.2) is 0 Å². The highest BCUT2D eigenvalue weighted by Gasteiger charge is 2.22. The number of nitrogens with zero attached hydrogens (tertiary/aromatic N) is 1.